The molecule has 0 aliphatic carbocycles. The van der Waals surface area contributed by atoms with Gasteiger partial charge in [-0.05, 0) is 51.4 Å². The highest BCUT2D eigenvalue weighted by Gasteiger charge is 2.12. The van der Waals surface area contributed by atoms with E-state index in [4.69, 9.17) is 4.74 Å². The molecular weight excluding hydrogens is 245 g/mol. The lowest BCUT2D eigenvalue weighted by Gasteiger charge is -2.16. The fourth-order valence-electron chi connectivity index (χ4n) is 2.45. The average molecular weight is 267 g/mol. The molecular formula is C15H22FNO2. The summed E-state index contributed by atoms with van der Waals surface area (Å²) in [4.78, 5) is 2.42. The molecule has 1 fully saturated rings. The lowest BCUT2D eigenvalue weighted by molar-refractivity contribution is 0.189. The van der Waals surface area contributed by atoms with Gasteiger partial charge in [0.2, 0.25) is 0 Å². The van der Waals surface area contributed by atoms with Gasteiger partial charge in [0.05, 0.1) is 12.7 Å². The van der Waals surface area contributed by atoms with Crippen LogP contribution in [-0.2, 0) is 0 Å². The first-order valence-corrected chi connectivity index (χ1v) is 6.99. The number of rotatable bonds is 6. The normalized spacial score (nSPS) is 17.6. The molecule has 0 saturated carbocycles. The second-order valence-electron chi connectivity index (χ2n) is 5.11. The van der Waals surface area contributed by atoms with Crippen LogP contribution >= 0.6 is 0 Å². The van der Waals surface area contributed by atoms with Gasteiger partial charge >= 0.3 is 0 Å². The molecule has 1 N–H and O–H groups in total. The van der Waals surface area contributed by atoms with Crippen LogP contribution in [0.25, 0.3) is 0 Å². The number of hydrogen-bond donors (Lipinski definition) is 1. The Kier molecular flexibility index (Phi) is 5.16. The Morgan fingerprint density at radius 3 is 2.79 bits per heavy atom. The van der Waals surface area contributed by atoms with Crippen LogP contribution in [0.15, 0.2) is 18.2 Å². The van der Waals surface area contributed by atoms with Gasteiger partial charge in [-0.1, -0.05) is 0 Å². The summed E-state index contributed by atoms with van der Waals surface area (Å²) in [5.74, 6) is 0.121. The maximum atomic E-state index is 13.2. The second-order valence-corrected chi connectivity index (χ2v) is 5.11. The summed E-state index contributed by atoms with van der Waals surface area (Å²) in [6, 6.07) is 4.27. The van der Waals surface area contributed by atoms with Crippen LogP contribution in [0.1, 0.15) is 37.9 Å². The highest BCUT2D eigenvalue weighted by molar-refractivity contribution is 5.35. The van der Waals surface area contributed by atoms with E-state index in [1.807, 2.05) is 0 Å². The number of halogens is 1. The van der Waals surface area contributed by atoms with E-state index < -0.39 is 6.10 Å². The molecule has 1 heterocycles. The molecule has 106 valence electrons. The molecule has 1 saturated heterocycles. The standard InChI is InChI=1S/C15H22FNO2/c1-12(18)14-6-5-13(16)11-15(14)19-10-4-9-17-7-2-3-8-17/h5-6,11-12,18H,2-4,7-10H2,1H3. The quantitative estimate of drug-likeness (QED) is 0.804. The summed E-state index contributed by atoms with van der Waals surface area (Å²) in [5.41, 5.74) is 0.641. The largest absolute Gasteiger partial charge is 0.493 e. The number of aliphatic hydroxyl groups excluding tert-OH is 1. The van der Waals surface area contributed by atoms with Crippen molar-refractivity contribution in [3.63, 3.8) is 0 Å². The van der Waals surface area contributed by atoms with Crippen LogP contribution in [0, 0.1) is 5.82 Å². The molecule has 2 rings (SSSR count). The predicted octanol–water partition coefficient (Wildman–Crippen LogP) is 2.74. The monoisotopic (exact) mass is 267 g/mol. The molecule has 1 aliphatic heterocycles. The summed E-state index contributed by atoms with van der Waals surface area (Å²) in [5, 5.41) is 9.61. The summed E-state index contributed by atoms with van der Waals surface area (Å²) in [6.07, 6.45) is 2.86. The number of benzene rings is 1. The zero-order chi connectivity index (χ0) is 13.7. The van der Waals surface area contributed by atoms with E-state index in [2.05, 4.69) is 4.90 Å². The van der Waals surface area contributed by atoms with Crippen LogP contribution in [0.5, 0.6) is 5.75 Å². The van der Waals surface area contributed by atoms with E-state index in [0.717, 1.165) is 13.0 Å². The molecule has 1 atom stereocenters. The molecule has 0 radical (unpaired) electrons. The van der Waals surface area contributed by atoms with Gasteiger partial charge in [0.15, 0.2) is 0 Å². The van der Waals surface area contributed by atoms with Crippen molar-refractivity contribution in [3.8, 4) is 5.75 Å². The summed E-state index contributed by atoms with van der Waals surface area (Å²) in [7, 11) is 0. The summed E-state index contributed by atoms with van der Waals surface area (Å²) < 4.78 is 18.8. The lowest BCUT2D eigenvalue weighted by Crippen LogP contribution is -2.22. The number of ether oxygens (including phenoxy) is 1. The molecule has 0 aromatic heterocycles. The van der Waals surface area contributed by atoms with Crippen LogP contribution < -0.4 is 4.74 Å². The topological polar surface area (TPSA) is 32.7 Å². The van der Waals surface area contributed by atoms with E-state index >= 15 is 0 Å². The first kappa shape index (κ1) is 14.3. The SMILES string of the molecule is CC(O)c1ccc(F)cc1OCCCN1CCCC1. The Hall–Kier alpha value is -1.13. The molecule has 1 aliphatic rings. The Bertz CT molecular complexity index is 403. The van der Waals surface area contributed by atoms with Gasteiger partial charge in [0.25, 0.3) is 0 Å². The maximum Gasteiger partial charge on any atom is 0.127 e. The van der Waals surface area contributed by atoms with Crippen molar-refractivity contribution in [3.05, 3.63) is 29.6 Å². The third kappa shape index (κ3) is 4.18. The first-order chi connectivity index (χ1) is 9.16. The number of aliphatic hydroxyl groups is 1. The molecule has 0 amide bonds. The van der Waals surface area contributed by atoms with E-state index in [9.17, 15) is 9.50 Å². The van der Waals surface area contributed by atoms with Crippen molar-refractivity contribution >= 4 is 0 Å². The van der Waals surface area contributed by atoms with Gasteiger partial charge in [-0.25, -0.2) is 4.39 Å². The second kappa shape index (κ2) is 6.87. The smallest absolute Gasteiger partial charge is 0.127 e. The molecule has 0 bridgehead atoms. The van der Waals surface area contributed by atoms with Crippen LogP contribution in [0.3, 0.4) is 0 Å². The Morgan fingerprint density at radius 1 is 1.37 bits per heavy atom. The van der Waals surface area contributed by atoms with Crippen molar-refractivity contribution in [2.24, 2.45) is 0 Å². The zero-order valence-corrected chi connectivity index (χ0v) is 11.4. The minimum Gasteiger partial charge on any atom is -0.493 e. The zero-order valence-electron chi connectivity index (χ0n) is 11.4. The average Bonchev–Trinajstić information content (AvgIpc) is 2.87. The predicted molar refractivity (Wildman–Crippen MR) is 72.8 cm³/mol. The van der Waals surface area contributed by atoms with Gasteiger partial charge < -0.3 is 14.7 Å². The first-order valence-electron chi connectivity index (χ1n) is 6.99. The van der Waals surface area contributed by atoms with E-state index in [1.165, 1.54) is 38.1 Å². The Balaban J connectivity index is 1.82. The molecule has 1 aromatic carbocycles. The van der Waals surface area contributed by atoms with Gasteiger partial charge in [-0.2, -0.15) is 0 Å². The van der Waals surface area contributed by atoms with Crippen LogP contribution in [0.2, 0.25) is 0 Å². The number of likely N-dealkylation sites (tertiary alicyclic amines) is 1. The molecule has 0 spiro atoms. The molecule has 4 heteroatoms. The Morgan fingerprint density at radius 2 is 2.11 bits per heavy atom. The third-order valence-electron chi connectivity index (χ3n) is 3.50. The van der Waals surface area contributed by atoms with E-state index in [-0.39, 0.29) is 5.82 Å². The van der Waals surface area contributed by atoms with Crippen molar-refractivity contribution in [1.29, 1.82) is 0 Å². The molecule has 1 unspecified atom stereocenters. The number of nitrogens with zero attached hydrogens (tertiary/aromatic N) is 1. The summed E-state index contributed by atoms with van der Waals surface area (Å²) in [6.45, 7) is 5.60. The molecule has 1 aromatic rings. The van der Waals surface area contributed by atoms with Crippen molar-refractivity contribution in [2.45, 2.75) is 32.3 Å². The fourth-order valence-corrected chi connectivity index (χ4v) is 2.45. The van der Waals surface area contributed by atoms with Crippen molar-refractivity contribution in [1.82, 2.24) is 4.90 Å². The van der Waals surface area contributed by atoms with Gasteiger partial charge in [0, 0.05) is 18.2 Å². The third-order valence-corrected chi connectivity index (χ3v) is 3.50. The van der Waals surface area contributed by atoms with Crippen LogP contribution in [-0.4, -0.2) is 36.2 Å². The van der Waals surface area contributed by atoms with E-state index in [0.29, 0.717) is 17.9 Å². The van der Waals surface area contributed by atoms with Gasteiger partial charge in [0.1, 0.15) is 11.6 Å². The van der Waals surface area contributed by atoms with Gasteiger partial charge in [-0.3, -0.25) is 0 Å². The number of hydrogen-bond acceptors (Lipinski definition) is 3. The molecule has 19 heavy (non-hydrogen) atoms. The molecule has 3 nitrogen and oxygen atoms in total. The van der Waals surface area contributed by atoms with Crippen molar-refractivity contribution in [2.75, 3.05) is 26.2 Å². The maximum absolute atomic E-state index is 13.2. The van der Waals surface area contributed by atoms with Crippen molar-refractivity contribution < 1.29 is 14.2 Å². The van der Waals surface area contributed by atoms with E-state index in [1.54, 1.807) is 13.0 Å². The highest BCUT2D eigenvalue weighted by Crippen LogP contribution is 2.26. The summed E-state index contributed by atoms with van der Waals surface area (Å²) >= 11 is 0. The van der Waals surface area contributed by atoms with Crippen LogP contribution in [0.4, 0.5) is 4.39 Å². The lowest BCUT2D eigenvalue weighted by atomic mass is 10.1. The fraction of sp³-hybridized carbons (Fsp3) is 0.600. The minimum atomic E-state index is -0.644. The highest BCUT2D eigenvalue weighted by atomic mass is 19.1. The minimum absolute atomic E-state index is 0.334. The Labute approximate surface area is 114 Å². The van der Waals surface area contributed by atoms with Gasteiger partial charge in [-0.15, -0.1) is 0 Å².